The van der Waals surface area contributed by atoms with E-state index >= 15 is 0 Å². The van der Waals surface area contributed by atoms with Gasteiger partial charge in [-0.25, -0.2) is 0 Å². The van der Waals surface area contributed by atoms with Crippen LogP contribution in [-0.4, -0.2) is 21.4 Å². The van der Waals surface area contributed by atoms with Crippen LogP contribution in [0.4, 0.5) is 11.5 Å². The van der Waals surface area contributed by atoms with E-state index in [0.29, 0.717) is 30.6 Å². The van der Waals surface area contributed by atoms with Crippen LogP contribution in [0.1, 0.15) is 19.5 Å². The molecular weight excluding hydrogens is 254 g/mol. The molecule has 0 fully saturated rings. The van der Waals surface area contributed by atoms with Crippen molar-refractivity contribution in [3.63, 3.8) is 0 Å². The first-order valence-electron chi connectivity index (χ1n) is 6.66. The molecule has 2 heterocycles. The molecule has 0 aliphatic rings. The Morgan fingerprint density at radius 2 is 2.15 bits per heavy atom. The summed E-state index contributed by atoms with van der Waals surface area (Å²) in [4.78, 5) is 4.37. The standard InChI is InChI=1S/C14H21N5O/c1-10(2)9-20-14-12(15)4-5-13(17-14)16-8-11-6-7-19(3)18-11/h4-7,10H,8-9,15H2,1-3H3,(H,16,17). The molecular formula is C14H21N5O. The average Bonchev–Trinajstić information content (AvgIpc) is 2.82. The molecule has 20 heavy (non-hydrogen) atoms. The molecule has 0 saturated carbocycles. The van der Waals surface area contributed by atoms with Gasteiger partial charge in [-0.1, -0.05) is 13.8 Å². The molecule has 0 aliphatic heterocycles. The summed E-state index contributed by atoms with van der Waals surface area (Å²) in [5.74, 6) is 1.63. The number of rotatable bonds is 6. The zero-order valence-corrected chi connectivity index (χ0v) is 12.1. The maximum Gasteiger partial charge on any atom is 0.239 e. The lowest BCUT2D eigenvalue weighted by Crippen LogP contribution is -2.09. The highest BCUT2D eigenvalue weighted by Gasteiger charge is 2.06. The third kappa shape index (κ3) is 3.88. The summed E-state index contributed by atoms with van der Waals surface area (Å²) in [6.45, 7) is 5.38. The van der Waals surface area contributed by atoms with E-state index in [2.05, 4.69) is 29.2 Å². The zero-order chi connectivity index (χ0) is 14.5. The SMILES string of the molecule is CC(C)COc1nc(NCc2ccn(C)n2)ccc1N. The van der Waals surface area contributed by atoms with Crippen LogP contribution in [-0.2, 0) is 13.6 Å². The van der Waals surface area contributed by atoms with Crippen LogP contribution < -0.4 is 15.8 Å². The minimum Gasteiger partial charge on any atom is -0.476 e. The number of nitrogens with zero attached hydrogens (tertiary/aromatic N) is 3. The van der Waals surface area contributed by atoms with Crippen molar-refractivity contribution in [2.45, 2.75) is 20.4 Å². The number of anilines is 2. The van der Waals surface area contributed by atoms with Crippen LogP contribution in [0.3, 0.4) is 0 Å². The predicted octanol–water partition coefficient (Wildman–Crippen LogP) is 2.04. The summed E-state index contributed by atoms with van der Waals surface area (Å²) in [6.07, 6.45) is 1.91. The molecule has 0 amide bonds. The second-order valence-electron chi connectivity index (χ2n) is 5.13. The minimum absolute atomic E-state index is 0.432. The molecule has 3 N–H and O–H groups in total. The molecule has 6 nitrogen and oxygen atoms in total. The zero-order valence-electron chi connectivity index (χ0n) is 12.1. The Labute approximate surface area is 119 Å². The number of nitrogens with one attached hydrogen (secondary N) is 1. The third-order valence-corrected chi connectivity index (χ3v) is 2.66. The lowest BCUT2D eigenvalue weighted by atomic mass is 10.2. The van der Waals surface area contributed by atoms with Crippen LogP contribution in [0.25, 0.3) is 0 Å². The van der Waals surface area contributed by atoms with Crippen LogP contribution in [0.15, 0.2) is 24.4 Å². The van der Waals surface area contributed by atoms with E-state index in [4.69, 9.17) is 10.5 Å². The molecule has 0 spiro atoms. The Balaban J connectivity index is 1.99. The second kappa shape index (κ2) is 6.27. The monoisotopic (exact) mass is 275 g/mol. The van der Waals surface area contributed by atoms with Crippen molar-refractivity contribution in [3.8, 4) is 5.88 Å². The van der Waals surface area contributed by atoms with Gasteiger partial charge in [0.1, 0.15) is 5.82 Å². The summed E-state index contributed by atoms with van der Waals surface area (Å²) in [6, 6.07) is 5.59. The summed E-state index contributed by atoms with van der Waals surface area (Å²) in [5, 5.41) is 7.50. The lowest BCUT2D eigenvalue weighted by molar-refractivity contribution is 0.263. The quantitative estimate of drug-likeness (QED) is 0.843. The molecule has 108 valence electrons. The highest BCUT2D eigenvalue weighted by molar-refractivity contribution is 5.53. The largest absolute Gasteiger partial charge is 0.476 e. The van der Waals surface area contributed by atoms with Crippen molar-refractivity contribution in [3.05, 3.63) is 30.1 Å². The van der Waals surface area contributed by atoms with Crippen molar-refractivity contribution in [1.29, 1.82) is 0 Å². The number of nitrogens with two attached hydrogens (primary N) is 1. The number of pyridine rings is 1. The Morgan fingerprint density at radius 1 is 1.35 bits per heavy atom. The molecule has 0 unspecified atom stereocenters. The van der Waals surface area contributed by atoms with E-state index in [0.717, 1.165) is 11.5 Å². The van der Waals surface area contributed by atoms with Crippen molar-refractivity contribution in [2.24, 2.45) is 13.0 Å². The van der Waals surface area contributed by atoms with Crippen LogP contribution in [0.5, 0.6) is 5.88 Å². The van der Waals surface area contributed by atoms with Crippen LogP contribution in [0.2, 0.25) is 0 Å². The number of aromatic nitrogens is 3. The number of hydrogen-bond acceptors (Lipinski definition) is 5. The Bertz CT molecular complexity index is 564. The number of ether oxygens (including phenoxy) is 1. The van der Waals surface area contributed by atoms with Gasteiger partial charge in [-0.3, -0.25) is 4.68 Å². The third-order valence-electron chi connectivity index (χ3n) is 2.66. The molecule has 0 atom stereocenters. The van der Waals surface area contributed by atoms with E-state index in [1.807, 2.05) is 25.4 Å². The van der Waals surface area contributed by atoms with Crippen molar-refractivity contribution in [1.82, 2.24) is 14.8 Å². The number of hydrogen-bond donors (Lipinski definition) is 2. The maximum atomic E-state index is 5.86. The van der Waals surface area contributed by atoms with E-state index < -0.39 is 0 Å². The molecule has 2 aromatic heterocycles. The number of nitrogen functional groups attached to an aromatic ring is 1. The summed E-state index contributed by atoms with van der Waals surface area (Å²) in [5.41, 5.74) is 7.36. The molecule has 0 bridgehead atoms. The van der Waals surface area contributed by atoms with Crippen molar-refractivity contribution >= 4 is 11.5 Å². The molecule has 0 radical (unpaired) electrons. The summed E-state index contributed by atoms with van der Waals surface area (Å²) < 4.78 is 7.37. The first-order valence-corrected chi connectivity index (χ1v) is 6.66. The highest BCUT2D eigenvalue weighted by Crippen LogP contribution is 2.21. The number of aryl methyl sites for hydroxylation is 1. The van der Waals surface area contributed by atoms with Crippen LogP contribution >= 0.6 is 0 Å². The molecule has 6 heteroatoms. The molecule has 2 aromatic rings. The normalized spacial score (nSPS) is 10.8. The van der Waals surface area contributed by atoms with E-state index in [1.54, 1.807) is 10.7 Å². The average molecular weight is 275 g/mol. The fourth-order valence-corrected chi connectivity index (χ4v) is 1.65. The van der Waals surface area contributed by atoms with E-state index in [-0.39, 0.29) is 0 Å². The van der Waals surface area contributed by atoms with Crippen molar-refractivity contribution < 1.29 is 4.74 Å². The summed E-state index contributed by atoms with van der Waals surface area (Å²) in [7, 11) is 1.89. The minimum atomic E-state index is 0.432. The fraction of sp³-hybridized carbons (Fsp3) is 0.429. The van der Waals surface area contributed by atoms with Gasteiger partial charge in [-0.05, 0) is 24.1 Å². The van der Waals surface area contributed by atoms with E-state index in [9.17, 15) is 0 Å². The first-order chi connectivity index (χ1) is 9.54. The van der Waals surface area contributed by atoms with Gasteiger partial charge in [-0.2, -0.15) is 10.1 Å². The predicted molar refractivity (Wildman–Crippen MR) is 79.5 cm³/mol. The van der Waals surface area contributed by atoms with Gasteiger partial charge >= 0.3 is 0 Å². The second-order valence-corrected chi connectivity index (χ2v) is 5.13. The van der Waals surface area contributed by atoms with Crippen molar-refractivity contribution in [2.75, 3.05) is 17.7 Å². The van der Waals surface area contributed by atoms with Gasteiger partial charge in [0, 0.05) is 13.2 Å². The van der Waals surface area contributed by atoms with Gasteiger partial charge in [0.15, 0.2) is 0 Å². The fourth-order valence-electron chi connectivity index (χ4n) is 1.65. The van der Waals surface area contributed by atoms with Gasteiger partial charge in [0.05, 0.1) is 24.5 Å². The van der Waals surface area contributed by atoms with Gasteiger partial charge in [0.2, 0.25) is 5.88 Å². The summed E-state index contributed by atoms with van der Waals surface area (Å²) >= 11 is 0. The van der Waals surface area contributed by atoms with Gasteiger partial charge in [0.25, 0.3) is 0 Å². The molecule has 0 saturated heterocycles. The highest BCUT2D eigenvalue weighted by atomic mass is 16.5. The van der Waals surface area contributed by atoms with Gasteiger partial charge < -0.3 is 15.8 Å². The maximum absolute atomic E-state index is 5.86. The lowest BCUT2D eigenvalue weighted by Gasteiger charge is -2.11. The molecule has 0 aliphatic carbocycles. The smallest absolute Gasteiger partial charge is 0.239 e. The topological polar surface area (TPSA) is 78.0 Å². The van der Waals surface area contributed by atoms with Gasteiger partial charge in [-0.15, -0.1) is 0 Å². The van der Waals surface area contributed by atoms with E-state index in [1.165, 1.54) is 0 Å². The molecule has 2 rings (SSSR count). The van der Waals surface area contributed by atoms with Crippen LogP contribution in [0, 0.1) is 5.92 Å². The molecule has 0 aromatic carbocycles. The Hall–Kier alpha value is -2.24. The first kappa shape index (κ1) is 14.2. The Kier molecular flexibility index (Phi) is 4.45. The Morgan fingerprint density at radius 3 is 2.80 bits per heavy atom.